The second-order valence-corrected chi connectivity index (χ2v) is 7.36. The van der Waals surface area contributed by atoms with Crippen molar-refractivity contribution in [2.24, 2.45) is 5.10 Å². The number of phenolic OH excluding ortho intramolecular Hbond substituents is 1. The van der Waals surface area contributed by atoms with Crippen molar-refractivity contribution in [3.63, 3.8) is 0 Å². The molecule has 1 heterocycles. The van der Waals surface area contributed by atoms with Crippen molar-refractivity contribution < 1.29 is 14.6 Å². The smallest absolute Gasteiger partial charge is 0.283 e. The fourth-order valence-corrected chi connectivity index (χ4v) is 3.97. The lowest BCUT2D eigenvalue weighted by Crippen LogP contribution is -2.16. The number of halogens is 2. The Morgan fingerprint density at radius 2 is 2.16 bits per heavy atom. The predicted molar refractivity (Wildman–Crippen MR) is 104 cm³/mol. The quantitative estimate of drug-likeness (QED) is 0.453. The number of rotatable bonds is 4. The lowest BCUT2D eigenvalue weighted by atomic mass is 10.2. The van der Waals surface area contributed by atoms with Crippen LogP contribution >= 0.6 is 38.9 Å². The van der Waals surface area contributed by atoms with Gasteiger partial charge < -0.3 is 9.84 Å². The van der Waals surface area contributed by atoms with Crippen molar-refractivity contribution in [1.29, 1.82) is 0 Å². The minimum Gasteiger partial charge on any atom is -0.507 e. The van der Waals surface area contributed by atoms with E-state index < -0.39 is 5.91 Å². The summed E-state index contributed by atoms with van der Waals surface area (Å²) in [6.07, 6.45) is 1.36. The number of methoxy groups -OCH3 is 1. The molecular weight excluding hydrogens is 428 g/mol. The van der Waals surface area contributed by atoms with E-state index in [2.05, 4.69) is 26.5 Å². The Morgan fingerprint density at radius 3 is 2.92 bits per heavy atom. The first kappa shape index (κ1) is 17.7. The van der Waals surface area contributed by atoms with Crippen molar-refractivity contribution in [3.05, 3.63) is 56.3 Å². The normalized spacial score (nSPS) is 11.2. The molecule has 0 bridgehead atoms. The van der Waals surface area contributed by atoms with Gasteiger partial charge in [-0.15, -0.1) is 11.3 Å². The molecule has 2 aromatic carbocycles. The molecule has 2 N–H and O–H groups in total. The van der Waals surface area contributed by atoms with Crippen LogP contribution in [0.25, 0.3) is 10.1 Å². The number of nitrogens with one attached hydrogen (secondary N) is 1. The van der Waals surface area contributed by atoms with Gasteiger partial charge in [0.25, 0.3) is 5.91 Å². The zero-order chi connectivity index (χ0) is 18.0. The van der Waals surface area contributed by atoms with Gasteiger partial charge in [-0.1, -0.05) is 27.5 Å². The SMILES string of the molecule is COc1ccc2c(Cl)c(C(=O)N/N=C\c3cc(Br)ccc3O)sc2c1. The van der Waals surface area contributed by atoms with Crippen LogP contribution in [0.4, 0.5) is 0 Å². The van der Waals surface area contributed by atoms with Gasteiger partial charge in [0.1, 0.15) is 16.4 Å². The highest BCUT2D eigenvalue weighted by Crippen LogP contribution is 2.37. The molecule has 0 aliphatic heterocycles. The zero-order valence-electron chi connectivity index (χ0n) is 12.9. The molecule has 128 valence electrons. The van der Waals surface area contributed by atoms with Crippen molar-refractivity contribution in [2.75, 3.05) is 7.11 Å². The Labute approximate surface area is 161 Å². The van der Waals surface area contributed by atoms with Gasteiger partial charge in [-0.2, -0.15) is 5.10 Å². The number of hydrogen-bond donors (Lipinski definition) is 2. The first-order chi connectivity index (χ1) is 12.0. The van der Waals surface area contributed by atoms with E-state index in [0.717, 1.165) is 14.6 Å². The Balaban J connectivity index is 1.81. The Morgan fingerprint density at radius 1 is 1.36 bits per heavy atom. The minimum atomic E-state index is -0.420. The molecule has 3 rings (SSSR count). The number of aromatic hydroxyl groups is 1. The summed E-state index contributed by atoms with van der Waals surface area (Å²) in [5.41, 5.74) is 2.90. The van der Waals surface area contributed by atoms with Gasteiger partial charge in [0.15, 0.2) is 0 Å². The topological polar surface area (TPSA) is 70.9 Å². The molecule has 0 atom stereocenters. The van der Waals surface area contributed by atoms with Crippen molar-refractivity contribution >= 4 is 61.1 Å². The zero-order valence-corrected chi connectivity index (χ0v) is 16.1. The van der Waals surface area contributed by atoms with E-state index in [9.17, 15) is 9.90 Å². The summed E-state index contributed by atoms with van der Waals surface area (Å²) in [7, 11) is 1.58. The number of carbonyl (C=O) groups excluding carboxylic acids is 1. The Bertz CT molecular complexity index is 987. The fraction of sp³-hybridized carbons (Fsp3) is 0.0588. The number of carbonyl (C=O) groups is 1. The third-order valence-electron chi connectivity index (χ3n) is 3.40. The first-order valence-electron chi connectivity index (χ1n) is 7.07. The standard InChI is InChI=1S/C17H12BrClN2O3S/c1-24-11-3-4-12-14(7-11)25-16(15(12)19)17(23)21-20-8-9-6-10(18)2-5-13(9)22/h2-8,22H,1H3,(H,21,23)/b20-8-. The molecule has 1 aromatic heterocycles. The number of phenols is 1. The van der Waals surface area contributed by atoms with Crippen molar-refractivity contribution in [3.8, 4) is 11.5 Å². The molecular formula is C17H12BrClN2O3S. The number of amides is 1. The summed E-state index contributed by atoms with van der Waals surface area (Å²) in [5, 5.41) is 14.8. The molecule has 0 aliphatic rings. The van der Waals surface area contributed by atoms with Gasteiger partial charge in [0, 0.05) is 20.1 Å². The van der Waals surface area contributed by atoms with E-state index in [1.54, 1.807) is 25.3 Å². The third kappa shape index (κ3) is 3.78. The molecule has 25 heavy (non-hydrogen) atoms. The third-order valence-corrected chi connectivity index (χ3v) is 5.55. The van der Waals surface area contributed by atoms with Crippen LogP contribution in [-0.2, 0) is 0 Å². The number of hydrogen-bond acceptors (Lipinski definition) is 5. The highest BCUT2D eigenvalue weighted by atomic mass is 79.9. The summed E-state index contributed by atoms with van der Waals surface area (Å²) >= 11 is 10.9. The van der Waals surface area contributed by atoms with Crippen LogP contribution in [-0.4, -0.2) is 24.3 Å². The molecule has 5 nitrogen and oxygen atoms in total. The molecule has 0 fully saturated rings. The van der Waals surface area contributed by atoms with E-state index in [4.69, 9.17) is 16.3 Å². The van der Waals surface area contributed by atoms with Crippen LogP contribution in [0.15, 0.2) is 46.0 Å². The summed E-state index contributed by atoms with van der Waals surface area (Å²) in [6, 6.07) is 10.3. The molecule has 8 heteroatoms. The van der Waals surface area contributed by atoms with Crippen LogP contribution in [0.3, 0.4) is 0 Å². The molecule has 0 radical (unpaired) electrons. The van der Waals surface area contributed by atoms with Crippen LogP contribution in [0.5, 0.6) is 11.5 Å². The number of nitrogens with zero attached hydrogens (tertiary/aromatic N) is 1. The van der Waals surface area contributed by atoms with E-state index in [0.29, 0.717) is 21.2 Å². The Hall–Kier alpha value is -2.09. The Kier molecular flexibility index (Phi) is 5.27. The maximum atomic E-state index is 12.3. The van der Waals surface area contributed by atoms with Gasteiger partial charge in [0.05, 0.1) is 18.3 Å². The maximum Gasteiger partial charge on any atom is 0.283 e. The average Bonchev–Trinajstić information content (AvgIpc) is 2.94. The summed E-state index contributed by atoms with van der Waals surface area (Å²) in [5.74, 6) is 0.338. The van der Waals surface area contributed by atoms with Gasteiger partial charge in [-0.05, 0) is 36.4 Å². The largest absolute Gasteiger partial charge is 0.507 e. The number of benzene rings is 2. The average molecular weight is 440 g/mol. The van der Waals surface area contributed by atoms with Crippen LogP contribution < -0.4 is 10.2 Å². The lowest BCUT2D eigenvalue weighted by molar-refractivity contribution is 0.0959. The number of ether oxygens (including phenoxy) is 1. The summed E-state index contributed by atoms with van der Waals surface area (Å²) in [6.45, 7) is 0. The van der Waals surface area contributed by atoms with Crippen molar-refractivity contribution in [2.45, 2.75) is 0 Å². The van der Waals surface area contributed by atoms with E-state index in [1.165, 1.54) is 23.6 Å². The fourth-order valence-electron chi connectivity index (χ4n) is 2.16. The molecule has 0 saturated carbocycles. The highest BCUT2D eigenvalue weighted by molar-refractivity contribution is 9.10. The van der Waals surface area contributed by atoms with Gasteiger partial charge in [-0.25, -0.2) is 5.43 Å². The van der Waals surface area contributed by atoms with Crippen LogP contribution in [0, 0.1) is 0 Å². The molecule has 0 spiro atoms. The molecule has 0 aliphatic carbocycles. The van der Waals surface area contributed by atoms with E-state index in [1.807, 2.05) is 12.1 Å². The number of fused-ring (bicyclic) bond motifs is 1. The monoisotopic (exact) mass is 438 g/mol. The van der Waals surface area contributed by atoms with Gasteiger partial charge in [0.2, 0.25) is 0 Å². The molecule has 0 saturated heterocycles. The van der Waals surface area contributed by atoms with Gasteiger partial charge >= 0.3 is 0 Å². The number of hydrazone groups is 1. The van der Waals surface area contributed by atoms with E-state index >= 15 is 0 Å². The second-order valence-electron chi connectivity index (χ2n) is 5.01. The van der Waals surface area contributed by atoms with E-state index in [-0.39, 0.29) is 5.75 Å². The molecule has 1 amide bonds. The highest BCUT2D eigenvalue weighted by Gasteiger charge is 2.17. The molecule has 3 aromatic rings. The predicted octanol–water partition coefficient (Wildman–Crippen LogP) is 4.80. The molecule has 0 unspecified atom stereocenters. The second kappa shape index (κ2) is 7.43. The summed E-state index contributed by atoms with van der Waals surface area (Å²) < 4.78 is 6.82. The lowest BCUT2D eigenvalue weighted by Gasteiger charge is -2.00. The summed E-state index contributed by atoms with van der Waals surface area (Å²) in [4.78, 5) is 12.7. The maximum absolute atomic E-state index is 12.3. The first-order valence-corrected chi connectivity index (χ1v) is 9.06. The van der Waals surface area contributed by atoms with Crippen LogP contribution in [0.1, 0.15) is 15.2 Å². The van der Waals surface area contributed by atoms with Crippen LogP contribution in [0.2, 0.25) is 5.02 Å². The van der Waals surface area contributed by atoms with Crippen molar-refractivity contribution in [1.82, 2.24) is 5.43 Å². The number of thiophene rings is 1. The minimum absolute atomic E-state index is 0.0631. The van der Waals surface area contributed by atoms with Gasteiger partial charge in [-0.3, -0.25) is 4.79 Å².